The molecule has 0 aliphatic carbocycles. The topological polar surface area (TPSA) is 52.0 Å². The van der Waals surface area contributed by atoms with Gasteiger partial charge in [-0.05, 0) is 35.9 Å². The average molecular weight is 368 g/mol. The number of hydrogen-bond donors (Lipinski definition) is 1. The van der Waals surface area contributed by atoms with Gasteiger partial charge in [-0.3, -0.25) is 0 Å². The summed E-state index contributed by atoms with van der Waals surface area (Å²) in [5.41, 5.74) is 8.23. The fourth-order valence-corrected chi connectivity index (χ4v) is 2.71. The van der Waals surface area contributed by atoms with Crippen molar-refractivity contribution in [1.82, 2.24) is 5.16 Å². The molecule has 3 rings (SSSR count). The van der Waals surface area contributed by atoms with E-state index in [2.05, 4.69) is 21.1 Å². The Morgan fingerprint density at radius 3 is 2.76 bits per heavy atom. The summed E-state index contributed by atoms with van der Waals surface area (Å²) in [6.07, 6.45) is 0. The largest absolute Gasteiger partial charge is 0.367 e. The van der Waals surface area contributed by atoms with Crippen molar-refractivity contribution >= 4 is 33.4 Å². The maximum atomic E-state index is 13.5. The number of nitrogens with two attached hydrogens (primary N) is 1. The number of nitrogen functional groups attached to an aromatic ring is 1. The van der Waals surface area contributed by atoms with E-state index in [0.29, 0.717) is 26.3 Å². The van der Waals surface area contributed by atoms with E-state index in [1.165, 1.54) is 12.1 Å². The molecule has 0 bridgehead atoms. The molecule has 0 saturated carbocycles. The summed E-state index contributed by atoms with van der Waals surface area (Å²) < 4.78 is 19.3. The minimum atomic E-state index is -0.369. The van der Waals surface area contributed by atoms with Gasteiger partial charge in [-0.2, -0.15) is 0 Å². The molecular weight excluding hydrogens is 359 g/mol. The lowest BCUT2D eigenvalue weighted by atomic mass is 10.0. The third-order valence-corrected chi connectivity index (χ3v) is 3.94. The van der Waals surface area contributed by atoms with Crippen LogP contribution in [0.3, 0.4) is 0 Å². The Hall–Kier alpha value is -1.85. The molecule has 2 N–H and O–H groups in total. The van der Waals surface area contributed by atoms with Crippen molar-refractivity contribution in [1.29, 1.82) is 0 Å². The first-order valence-electron chi connectivity index (χ1n) is 6.03. The number of halogens is 3. The Balaban J connectivity index is 2.24. The second-order valence-corrected chi connectivity index (χ2v) is 5.70. The molecule has 3 nitrogen and oxygen atoms in total. The van der Waals surface area contributed by atoms with E-state index in [0.717, 1.165) is 5.56 Å². The molecule has 2 aromatic carbocycles. The van der Waals surface area contributed by atoms with E-state index in [-0.39, 0.29) is 11.7 Å². The highest BCUT2D eigenvalue weighted by Crippen LogP contribution is 2.39. The van der Waals surface area contributed by atoms with E-state index in [4.69, 9.17) is 21.9 Å². The molecule has 0 fully saturated rings. The molecule has 0 aliphatic rings. The summed E-state index contributed by atoms with van der Waals surface area (Å²) in [4.78, 5) is 0. The lowest BCUT2D eigenvalue weighted by Crippen LogP contribution is -1.89. The molecule has 106 valence electrons. The smallest absolute Gasteiger partial charge is 0.230 e. The van der Waals surface area contributed by atoms with Gasteiger partial charge in [0, 0.05) is 15.1 Å². The number of benzene rings is 2. The summed E-state index contributed by atoms with van der Waals surface area (Å²) in [5.74, 6) is -0.213. The van der Waals surface area contributed by atoms with Crippen molar-refractivity contribution in [2.24, 2.45) is 0 Å². The molecular formula is C15H9BrClFN2O. The summed E-state index contributed by atoms with van der Waals surface area (Å²) >= 11 is 9.39. The Labute approximate surface area is 133 Å². The van der Waals surface area contributed by atoms with Gasteiger partial charge >= 0.3 is 0 Å². The van der Waals surface area contributed by atoms with Crippen LogP contribution in [0.1, 0.15) is 0 Å². The minimum absolute atomic E-state index is 0.156. The first-order valence-corrected chi connectivity index (χ1v) is 7.20. The van der Waals surface area contributed by atoms with E-state index in [1.807, 2.05) is 6.07 Å². The molecule has 0 unspecified atom stereocenters. The molecule has 0 atom stereocenters. The van der Waals surface area contributed by atoms with Crippen molar-refractivity contribution in [3.63, 3.8) is 0 Å². The van der Waals surface area contributed by atoms with Crippen molar-refractivity contribution in [2.45, 2.75) is 0 Å². The Morgan fingerprint density at radius 2 is 2.00 bits per heavy atom. The summed E-state index contributed by atoms with van der Waals surface area (Å²) in [6.45, 7) is 0. The van der Waals surface area contributed by atoms with Crippen molar-refractivity contribution < 1.29 is 8.91 Å². The Morgan fingerprint density at radius 1 is 1.19 bits per heavy atom. The minimum Gasteiger partial charge on any atom is -0.367 e. The molecule has 0 aliphatic heterocycles. The quantitative estimate of drug-likeness (QED) is 0.682. The normalized spacial score (nSPS) is 10.8. The fourth-order valence-electron chi connectivity index (χ4n) is 2.09. The molecule has 3 aromatic rings. The monoisotopic (exact) mass is 366 g/mol. The number of anilines is 1. The van der Waals surface area contributed by atoms with E-state index in [9.17, 15) is 4.39 Å². The van der Waals surface area contributed by atoms with Crippen LogP contribution >= 0.6 is 27.5 Å². The number of aromatic nitrogens is 1. The number of hydrogen-bond acceptors (Lipinski definition) is 3. The van der Waals surface area contributed by atoms with Gasteiger partial charge in [-0.15, -0.1) is 0 Å². The van der Waals surface area contributed by atoms with Crippen LogP contribution in [0.2, 0.25) is 5.02 Å². The van der Waals surface area contributed by atoms with Gasteiger partial charge in [-0.1, -0.05) is 44.8 Å². The van der Waals surface area contributed by atoms with Gasteiger partial charge in [0.25, 0.3) is 0 Å². The maximum absolute atomic E-state index is 13.5. The average Bonchev–Trinajstić information content (AvgIpc) is 2.83. The fraction of sp³-hybridized carbons (Fsp3) is 0. The highest BCUT2D eigenvalue weighted by Gasteiger charge is 2.19. The summed E-state index contributed by atoms with van der Waals surface area (Å²) in [5, 5.41) is 4.52. The zero-order chi connectivity index (χ0) is 15.0. The van der Waals surface area contributed by atoms with E-state index in [1.54, 1.807) is 24.3 Å². The standard InChI is InChI=1S/C15H9BrClFN2O/c16-12-5-4-10(18)7-11(12)14-13(15(19)21-20-14)8-2-1-3-9(17)6-8/h1-7H,19H2. The third-order valence-electron chi connectivity index (χ3n) is 3.02. The molecule has 0 saturated heterocycles. The molecule has 1 aromatic heterocycles. The second kappa shape index (κ2) is 5.50. The third kappa shape index (κ3) is 2.66. The van der Waals surface area contributed by atoms with Gasteiger partial charge in [-0.25, -0.2) is 4.39 Å². The highest BCUT2D eigenvalue weighted by molar-refractivity contribution is 9.10. The van der Waals surface area contributed by atoms with Crippen LogP contribution in [0.25, 0.3) is 22.4 Å². The first kappa shape index (κ1) is 14.1. The lowest BCUT2D eigenvalue weighted by molar-refractivity contribution is 0.439. The Bertz CT molecular complexity index is 819. The Kier molecular flexibility index (Phi) is 3.69. The summed E-state index contributed by atoms with van der Waals surface area (Å²) in [7, 11) is 0. The van der Waals surface area contributed by atoms with Gasteiger partial charge in [0.05, 0.1) is 5.56 Å². The molecule has 21 heavy (non-hydrogen) atoms. The second-order valence-electron chi connectivity index (χ2n) is 4.40. The van der Waals surface area contributed by atoms with Gasteiger partial charge < -0.3 is 10.3 Å². The SMILES string of the molecule is Nc1onc(-c2cc(F)ccc2Br)c1-c1cccc(Cl)c1. The highest BCUT2D eigenvalue weighted by atomic mass is 79.9. The zero-order valence-corrected chi connectivity index (χ0v) is 13.0. The predicted octanol–water partition coefficient (Wildman–Crippen LogP) is 5.15. The lowest BCUT2D eigenvalue weighted by Gasteiger charge is -2.05. The van der Waals surface area contributed by atoms with Crippen LogP contribution in [0.5, 0.6) is 0 Å². The van der Waals surface area contributed by atoms with Crippen molar-refractivity contribution in [3.8, 4) is 22.4 Å². The maximum Gasteiger partial charge on any atom is 0.230 e. The zero-order valence-electron chi connectivity index (χ0n) is 10.6. The number of nitrogens with zero attached hydrogens (tertiary/aromatic N) is 1. The van der Waals surface area contributed by atoms with Gasteiger partial charge in [0.2, 0.25) is 5.88 Å². The van der Waals surface area contributed by atoms with Gasteiger partial charge in [0.1, 0.15) is 11.5 Å². The van der Waals surface area contributed by atoms with E-state index >= 15 is 0 Å². The van der Waals surface area contributed by atoms with Gasteiger partial charge in [0.15, 0.2) is 0 Å². The predicted molar refractivity (Wildman–Crippen MR) is 84.5 cm³/mol. The van der Waals surface area contributed by atoms with Crippen molar-refractivity contribution in [3.05, 3.63) is 57.8 Å². The first-order chi connectivity index (χ1) is 10.1. The summed E-state index contributed by atoms with van der Waals surface area (Å²) in [6, 6.07) is 11.5. The molecule has 0 radical (unpaired) electrons. The number of rotatable bonds is 2. The molecule has 1 heterocycles. The van der Waals surface area contributed by atoms with Crippen LogP contribution in [-0.2, 0) is 0 Å². The van der Waals surface area contributed by atoms with Crippen LogP contribution in [0.4, 0.5) is 10.3 Å². The van der Waals surface area contributed by atoms with Crippen molar-refractivity contribution in [2.75, 3.05) is 5.73 Å². The molecule has 6 heteroatoms. The van der Waals surface area contributed by atoms with Crippen LogP contribution < -0.4 is 5.73 Å². The molecule has 0 spiro atoms. The van der Waals surface area contributed by atoms with Crippen LogP contribution in [0.15, 0.2) is 51.5 Å². The van der Waals surface area contributed by atoms with Crippen LogP contribution in [-0.4, -0.2) is 5.16 Å². The van der Waals surface area contributed by atoms with E-state index < -0.39 is 0 Å². The molecule has 0 amide bonds. The van der Waals surface area contributed by atoms with Crippen LogP contribution in [0, 0.1) is 5.82 Å².